The van der Waals surface area contributed by atoms with E-state index in [0.29, 0.717) is 24.2 Å². The average molecular weight is 352 g/mol. The van der Waals surface area contributed by atoms with Crippen molar-refractivity contribution in [3.63, 3.8) is 0 Å². The van der Waals surface area contributed by atoms with Crippen LogP contribution in [-0.2, 0) is 4.79 Å². The standard InChI is InChI=1S/C21H24N2O3/c1-15-18(11-12-19(22-15)16-7-3-2-4-8-16)21(26)23-14-6-5-9-17(23)10-13-20(24)25/h2-4,7-8,11-12,17H,5-6,9-10,13-14H2,1H3,(H,24,25). The molecule has 1 fully saturated rings. The molecule has 2 heterocycles. The van der Waals surface area contributed by atoms with Crippen LogP contribution in [0.15, 0.2) is 42.5 Å². The molecule has 0 spiro atoms. The SMILES string of the molecule is Cc1nc(-c2ccccc2)ccc1C(=O)N1CCCCC1CCC(=O)O. The summed E-state index contributed by atoms with van der Waals surface area (Å²) in [6.07, 6.45) is 3.48. The molecule has 1 aromatic heterocycles. The number of aromatic nitrogens is 1. The molecule has 26 heavy (non-hydrogen) atoms. The average Bonchev–Trinajstić information content (AvgIpc) is 2.66. The topological polar surface area (TPSA) is 70.5 Å². The first kappa shape index (κ1) is 18.1. The predicted molar refractivity (Wildman–Crippen MR) is 100.0 cm³/mol. The van der Waals surface area contributed by atoms with Crippen molar-refractivity contribution < 1.29 is 14.7 Å². The van der Waals surface area contributed by atoms with E-state index in [2.05, 4.69) is 4.98 Å². The Morgan fingerprint density at radius 2 is 1.92 bits per heavy atom. The second-order valence-electron chi connectivity index (χ2n) is 6.78. The van der Waals surface area contributed by atoms with Crippen LogP contribution in [0.4, 0.5) is 0 Å². The van der Waals surface area contributed by atoms with Gasteiger partial charge in [-0.1, -0.05) is 30.3 Å². The van der Waals surface area contributed by atoms with Gasteiger partial charge in [-0.3, -0.25) is 14.6 Å². The van der Waals surface area contributed by atoms with Gasteiger partial charge >= 0.3 is 5.97 Å². The Bertz CT molecular complexity index is 789. The van der Waals surface area contributed by atoms with Crippen LogP contribution in [0.25, 0.3) is 11.3 Å². The van der Waals surface area contributed by atoms with E-state index in [1.165, 1.54) is 0 Å². The number of carboxylic acid groups (broad SMARTS) is 1. The Hall–Kier alpha value is -2.69. The lowest BCUT2D eigenvalue weighted by molar-refractivity contribution is -0.137. The van der Waals surface area contributed by atoms with Gasteiger partial charge in [-0.25, -0.2) is 0 Å². The molecule has 1 aromatic carbocycles. The van der Waals surface area contributed by atoms with Crippen molar-refractivity contribution >= 4 is 11.9 Å². The van der Waals surface area contributed by atoms with Gasteiger partial charge in [-0.2, -0.15) is 0 Å². The highest BCUT2D eigenvalue weighted by Gasteiger charge is 2.28. The van der Waals surface area contributed by atoms with Crippen LogP contribution in [0.5, 0.6) is 0 Å². The van der Waals surface area contributed by atoms with Gasteiger partial charge in [-0.15, -0.1) is 0 Å². The maximum Gasteiger partial charge on any atom is 0.303 e. The molecule has 2 aromatic rings. The number of benzene rings is 1. The third-order valence-electron chi connectivity index (χ3n) is 4.97. The van der Waals surface area contributed by atoms with Crippen LogP contribution in [0, 0.1) is 6.92 Å². The van der Waals surface area contributed by atoms with E-state index in [9.17, 15) is 9.59 Å². The normalized spacial score (nSPS) is 17.1. The van der Waals surface area contributed by atoms with Crippen molar-refractivity contribution in [2.75, 3.05) is 6.54 Å². The number of piperidine rings is 1. The number of carboxylic acids is 1. The fourth-order valence-electron chi connectivity index (χ4n) is 3.57. The minimum Gasteiger partial charge on any atom is -0.481 e. The molecule has 136 valence electrons. The molecule has 0 aliphatic carbocycles. The summed E-state index contributed by atoms with van der Waals surface area (Å²) in [7, 11) is 0. The quantitative estimate of drug-likeness (QED) is 0.885. The number of aliphatic carboxylic acids is 1. The van der Waals surface area contributed by atoms with E-state index in [4.69, 9.17) is 5.11 Å². The van der Waals surface area contributed by atoms with Crippen LogP contribution in [-0.4, -0.2) is 39.5 Å². The number of carbonyl (C=O) groups is 2. The largest absolute Gasteiger partial charge is 0.481 e. The van der Waals surface area contributed by atoms with Crippen molar-refractivity contribution in [1.82, 2.24) is 9.88 Å². The summed E-state index contributed by atoms with van der Waals surface area (Å²) in [5.41, 5.74) is 3.18. The van der Waals surface area contributed by atoms with Crippen LogP contribution in [0.3, 0.4) is 0 Å². The Labute approximate surface area is 153 Å². The van der Waals surface area contributed by atoms with Crippen LogP contribution < -0.4 is 0 Å². The highest BCUT2D eigenvalue weighted by molar-refractivity contribution is 5.95. The minimum absolute atomic E-state index is 0.000509. The van der Waals surface area contributed by atoms with Gasteiger partial charge in [0.05, 0.1) is 17.0 Å². The molecule has 5 nitrogen and oxygen atoms in total. The minimum atomic E-state index is -0.812. The van der Waals surface area contributed by atoms with Gasteiger partial charge in [0.1, 0.15) is 0 Å². The molecule has 1 amide bonds. The molecule has 1 N–H and O–H groups in total. The second-order valence-corrected chi connectivity index (χ2v) is 6.78. The molecular weight excluding hydrogens is 328 g/mol. The van der Waals surface area contributed by atoms with Crippen LogP contribution >= 0.6 is 0 Å². The number of likely N-dealkylation sites (tertiary alicyclic amines) is 1. The third kappa shape index (κ3) is 4.10. The maximum atomic E-state index is 13.1. The molecule has 0 saturated carbocycles. The molecule has 0 radical (unpaired) electrons. The van der Waals surface area contributed by atoms with Gasteiger partial charge in [0.25, 0.3) is 5.91 Å². The van der Waals surface area contributed by atoms with Crippen LogP contribution in [0.2, 0.25) is 0 Å². The predicted octanol–water partition coefficient (Wildman–Crippen LogP) is 3.92. The van der Waals surface area contributed by atoms with Crippen molar-refractivity contribution in [3.8, 4) is 11.3 Å². The zero-order chi connectivity index (χ0) is 18.5. The molecule has 1 aliphatic heterocycles. The summed E-state index contributed by atoms with van der Waals surface area (Å²) in [6.45, 7) is 2.54. The Morgan fingerprint density at radius 3 is 2.62 bits per heavy atom. The van der Waals surface area contributed by atoms with E-state index in [0.717, 1.165) is 30.5 Å². The number of pyridine rings is 1. The number of hydrogen-bond acceptors (Lipinski definition) is 3. The Morgan fingerprint density at radius 1 is 1.15 bits per heavy atom. The summed E-state index contributed by atoms with van der Waals surface area (Å²) in [4.78, 5) is 30.4. The smallest absolute Gasteiger partial charge is 0.303 e. The Balaban J connectivity index is 1.80. The molecule has 0 bridgehead atoms. The molecule has 1 unspecified atom stereocenters. The molecule has 1 atom stereocenters. The zero-order valence-corrected chi connectivity index (χ0v) is 15.0. The van der Waals surface area contributed by atoms with E-state index in [-0.39, 0.29) is 18.4 Å². The van der Waals surface area contributed by atoms with Crippen molar-refractivity contribution in [2.45, 2.75) is 45.1 Å². The number of carbonyl (C=O) groups excluding carboxylic acids is 1. The fraction of sp³-hybridized carbons (Fsp3) is 0.381. The molecule has 1 aliphatic rings. The van der Waals surface area contributed by atoms with Crippen molar-refractivity contribution in [3.05, 3.63) is 53.7 Å². The summed E-state index contributed by atoms with van der Waals surface area (Å²) in [5, 5.41) is 8.96. The molecule has 3 rings (SSSR count). The maximum absolute atomic E-state index is 13.1. The number of hydrogen-bond donors (Lipinski definition) is 1. The summed E-state index contributed by atoms with van der Waals surface area (Å²) in [6, 6.07) is 13.6. The number of nitrogens with zero attached hydrogens (tertiary/aromatic N) is 2. The summed E-state index contributed by atoms with van der Waals surface area (Å²) < 4.78 is 0. The summed E-state index contributed by atoms with van der Waals surface area (Å²) >= 11 is 0. The zero-order valence-electron chi connectivity index (χ0n) is 15.0. The first-order chi connectivity index (χ1) is 12.6. The monoisotopic (exact) mass is 352 g/mol. The van der Waals surface area contributed by atoms with Gasteiger partial charge < -0.3 is 10.0 Å². The first-order valence-electron chi connectivity index (χ1n) is 9.12. The molecule has 5 heteroatoms. The van der Waals surface area contributed by atoms with E-state index < -0.39 is 5.97 Å². The highest BCUT2D eigenvalue weighted by Crippen LogP contribution is 2.25. The van der Waals surface area contributed by atoms with Gasteiger partial charge in [0.15, 0.2) is 0 Å². The van der Waals surface area contributed by atoms with Gasteiger partial charge in [0.2, 0.25) is 0 Å². The lowest BCUT2D eigenvalue weighted by Crippen LogP contribution is -2.44. The van der Waals surface area contributed by atoms with E-state index in [1.54, 1.807) is 0 Å². The second kappa shape index (κ2) is 8.13. The Kier molecular flexibility index (Phi) is 5.66. The fourth-order valence-corrected chi connectivity index (χ4v) is 3.57. The third-order valence-corrected chi connectivity index (χ3v) is 4.97. The first-order valence-corrected chi connectivity index (χ1v) is 9.12. The summed E-state index contributed by atoms with van der Waals surface area (Å²) in [5.74, 6) is -0.849. The number of amides is 1. The molecular formula is C21H24N2O3. The van der Waals surface area contributed by atoms with Gasteiger partial charge in [-0.05, 0) is 44.7 Å². The van der Waals surface area contributed by atoms with Crippen molar-refractivity contribution in [1.29, 1.82) is 0 Å². The van der Waals surface area contributed by atoms with E-state index in [1.807, 2.05) is 54.3 Å². The van der Waals surface area contributed by atoms with Gasteiger partial charge in [0, 0.05) is 24.6 Å². The highest BCUT2D eigenvalue weighted by atomic mass is 16.4. The molecule has 1 saturated heterocycles. The van der Waals surface area contributed by atoms with Crippen LogP contribution in [0.1, 0.15) is 48.2 Å². The number of rotatable bonds is 5. The number of aryl methyl sites for hydroxylation is 1. The van der Waals surface area contributed by atoms with E-state index >= 15 is 0 Å². The van der Waals surface area contributed by atoms with Crippen molar-refractivity contribution in [2.24, 2.45) is 0 Å². The lowest BCUT2D eigenvalue weighted by Gasteiger charge is -2.36. The lowest BCUT2D eigenvalue weighted by atomic mass is 9.96.